The Morgan fingerprint density at radius 3 is 2.50 bits per heavy atom. The van der Waals surface area contributed by atoms with Crippen LogP contribution in [0.4, 0.5) is 5.69 Å². The van der Waals surface area contributed by atoms with E-state index in [2.05, 4.69) is 16.8 Å². The Morgan fingerprint density at radius 2 is 1.95 bits per heavy atom. The van der Waals surface area contributed by atoms with Crippen LogP contribution in [-0.4, -0.2) is 11.5 Å². The number of aromatic nitrogens is 1. The van der Waals surface area contributed by atoms with Crippen molar-refractivity contribution in [2.24, 2.45) is 5.73 Å². The van der Waals surface area contributed by atoms with Gasteiger partial charge in [-0.25, -0.2) is 0 Å². The summed E-state index contributed by atoms with van der Waals surface area (Å²) in [5.41, 5.74) is 9.19. The van der Waals surface area contributed by atoms with Gasteiger partial charge in [0.25, 0.3) is 0 Å². The topological polar surface area (TPSA) is 42.2 Å². The number of pyridine rings is 1. The van der Waals surface area contributed by atoms with Gasteiger partial charge in [-0.15, -0.1) is 0 Å². The van der Waals surface area contributed by atoms with Gasteiger partial charge in [-0.05, 0) is 49.2 Å². The Kier molecular flexibility index (Phi) is 4.99. The van der Waals surface area contributed by atoms with Crippen LogP contribution >= 0.6 is 11.6 Å². The van der Waals surface area contributed by atoms with Gasteiger partial charge in [0, 0.05) is 31.5 Å². The second-order valence-corrected chi connectivity index (χ2v) is 5.28. The molecule has 1 atom stereocenters. The van der Waals surface area contributed by atoms with Crippen molar-refractivity contribution in [2.75, 3.05) is 11.4 Å². The maximum Gasteiger partial charge on any atom is 0.0643 e. The predicted molar refractivity (Wildman–Crippen MR) is 85.0 cm³/mol. The van der Waals surface area contributed by atoms with Gasteiger partial charge in [-0.1, -0.05) is 17.7 Å². The first kappa shape index (κ1) is 14.8. The largest absolute Gasteiger partial charge is 0.366 e. The molecule has 0 aliphatic heterocycles. The van der Waals surface area contributed by atoms with Crippen molar-refractivity contribution >= 4 is 17.3 Å². The Balaban J connectivity index is 2.23. The lowest BCUT2D eigenvalue weighted by Crippen LogP contribution is -2.22. The van der Waals surface area contributed by atoms with E-state index in [4.69, 9.17) is 17.3 Å². The minimum atomic E-state index is -0.00294. The third-order valence-corrected chi connectivity index (χ3v) is 3.65. The van der Waals surface area contributed by atoms with E-state index in [1.165, 1.54) is 5.56 Å². The van der Waals surface area contributed by atoms with Crippen molar-refractivity contribution < 1.29 is 0 Å². The summed E-state index contributed by atoms with van der Waals surface area (Å²) in [4.78, 5) is 6.28. The highest BCUT2D eigenvalue weighted by Crippen LogP contribution is 2.29. The molecule has 1 aromatic carbocycles. The number of rotatable bonds is 5. The minimum absolute atomic E-state index is 0.00294. The Morgan fingerprint density at radius 1 is 1.25 bits per heavy atom. The molecule has 4 heteroatoms. The fourth-order valence-electron chi connectivity index (χ4n) is 2.14. The van der Waals surface area contributed by atoms with Crippen LogP contribution in [0, 0.1) is 0 Å². The smallest absolute Gasteiger partial charge is 0.0643 e. The van der Waals surface area contributed by atoms with E-state index in [1.807, 2.05) is 49.6 Å². The van der Waals surface area contributed by atoms with Gasteiger partial charge in [0.05, 0.1) is 10.7 Å². The number of anilines is 1. The molecular weight excluding hydrogens is 270 g/mol. The molecule has 0 unspecified atom stereocenters. The average Bonchev–Trinajstić information content (AvgIpc) is 2.46. The fourth-order valence-corrected chi connectivity index (χ4v) is 2.45. The number of hydrogen-bond acceptors (Lipinski definition) is 3. The van der Waals surface area contributed by atoms with Crippen LogP contribution in [0.1, 0.15) is 31.0 Å². The number of nitrogens with zero attached hydrogens (tertiary/aromatic N) is 2. The molecule has 0 bridgehead atoms. The Labute approximate surface area is 125 Å². The minimum Gasteiger partial charge on any atom is -0.366 e. The molecule has 1 heterocycles. The zero-order valence-electron chi connectivity index (χ0n) is 11.9. The molecule has 1 aromatic heterocycles. The normalized spacial score (nSPS) is 12.2. The molecule has 3 nitrogen and oxygen atoms in total. The molecule has 20 heavy (non-hydrogen) atoms. The van der Waals surface area contributed by atoms with Gasteiger partial charge in [0.15, 0.2) is 0 Å². The molecule has 0 aliphatic rings. The summed E-state index contributed by atoms with van der Waals surface area (Å²) in [6.07, 6.45) is 3.62. The number of halogens is 1. The third kappa shape index (κ3) is 3.50. The molecular formula is C16H20ClN3. The van der Waals surface area contributed by atoms with Gasteiger partial charge >= 0.3 is 0 Å². The van der Waals surface area contributed by atoms with Crippen LogP contribution in [0.15, 0.2) is 42.7 Å². The van der Waals surface area contributed by atoms with Crippen LogP contribution in [0.2, 0.25) is 5.02 Å². The summed E-state index contributed by atoms with van der Waals surface area (Å²) in [5, 5.41) is 0.746. The molecule has 0 aliphatic carbocycles. The van der Waals surface area contributed by atoms with E-state index in [1.54, 1.807) is 0 Å². The van der Waals surface area contributed by atoms with E-state index in [0.29, 0.717) is 0 Å². The summed E-state index contributed by atoms with van der Waals surface area (Å²) in [6, 6.07) is 10.1. The quantitative estimate of drug-likeness (QED) is 0.911. The molecule has 2 rings (SSSR count). The van der Waals surface area contributed by atoms with Crippen molar-refractivity contribution in [1.82, 2.24) is 4.98 Å². The molecule has 2 aromatic rings. The SMILES string of the molecule is CCN(Cc1ccncc1)c1ccc([C@H](C)N)cc1Cl. The van der Waals surface area contributed by atoms with E-state index >= 15 is 0 Å². The first-order chi connectivity index (χ1) is 9.61. The highest BCUT2D eigenvalue weighted by molar-refractivity contribution is 6.33. The molecule has 2 N–H and O–H groups in total. The second-order valence-electron chi connectivity index (χ2n) is 4.87. The van der Waals surface area contributed by atoms with Crippen molar-refractivity contribution in [3.63, 3.8) is 0 Å². The van der Waals surface area contributed by atoms with Crippen molar-refractivity contribution in [2.45, 2.75) is 26.4 Å². The number of nitrogens with two attached hydrogens (primary N) is 1. The van der Waals surface area contributed by atoms with Crippen molar-refractivity contribution in [3.8, 4) is 0 Å². The zero-order chi connectivity index (χ0) is 14.5. The molecule has 0 saturated carbocycles. The molecule has 0 saturated heterocycles. The van der Waals surface area contributed by atoms with Crippen LogP contribution in [0.25, 0.3) is 0 Å². The van der Waals surface area contributed by atoms with Crippen LogP contribution in [0.3, 0.4) is 0 Å². The van der Waals surface area contributed by atoms with E-state index in [9.17, 15) is 0 Å². The maximum atomic E-state index is 6.40. The second kappa shape index (κ2) is 6.73. The molecule has 106 valence electrons. The summed E-state index contributed by atoms with van der Waals surface area (Å²) in [6.45, 7) is 5.78. The molecule has 0 fully saturated rings. The average molecular weight is 290 g/mol. The first-order valence-electron chi connectivity index (χ1n) is 6.80. The third-order valence-electron chi connectivity index (χ3n) is 3.34. The lowest BCUT2D eigenvalue weighted by molar-refractivity contribution is 0.810. The molecule has 0 radical (unpaired) electrons. The Bertz CT molecular complexity index is 555. The maximum absolute atomic E-state index is 6.40. The van der Waals surface area contributed by atoms with E-state index in [0.717, 1.165) is 29.4 Å². The number of hydrogen-bond donors (Lipinski definition) is 1. The monoisotopic (exact) mass is 289 g/mol. The lowest BCUT2D eigenvalue weighted by atomic mass is 10.1. The van der Waals surface area contributed by atoms with Gasteiger partial charge in [0.2, 0.25) is 0 Å². The highest BCUT2D eigenvalue weighted by Gasteiger charge is 2.11. The summed E-state index contributed by atoms with van der Waals surface area (Å²) < 4.78 is 0. The fraction of sp³-hybridized carbons (Fsp3) is 0.312. The first-order valence-corrected chi connectivity index (χ1v) is 7.18. The van der Waals surface area contributed by atoms with Gasteiger partial charge in [-0.2, -0.15) is 0 Å². The summed E-state index contributed by atoms with van der Waals surface area (Å²) in [5.74, 6) is 0. The van der Waals surface area contributed by atoms with E-state index in [-0.39, 0.29) is 6.04 Å². The highest BCUT2D eigenvalue weighted by atomic mass is 35.5. The van der Waals surface area contributed by atoms with Crippen LogP contribution in [-0.2, 0) is 6.54 Å². The van der Waals surface area contributed by atoms with Crippen LogP contribution < -0.4 is 10.6 Å². The van der Waals surface area contributed by atoms with Crippen molar-refractivity contribution in [1.29, 1.82) is 0 Å². The molecule has 0 amide bonds. The summed E-state index contributed by atoms with van der Waals surface area (Å²) >= 11 is 6.40. The number of benzene rings is 1. The zero-order valence-corrected chi connectivity index (χ0v) is 12.6. The molecule has 0 spiro atoms. The standard InChI is InChI=1S/C16H20ClN3/c1-3-20(11-13-6-8-19-9-7-13)16-5-4-14(12(2)18)10-15(16)17/h4-10,12H,3,11,18H2,1-2H3/t12-/m0/s1. The van der Waals surface area contributed by atoms with Gasteiger partial charge in [-0.3, -0.25) is 4.98 Å². The lowest BCUT2D eigenvalue weighted by Gasteiger charge is -2.25. The predicted octanol–water partition coefficient (Wildman–Crippen LogP) is 3.78. The summed E-state index contributed by atoms with van der Waals surface area (Å²) in [7, 11) is 0. The Hall–Kier alpha value is -1.58. The van der Waals surface area contributed by atoms with E-state index < -0.39 is 0 Å². The van der Waals surface area contributed by atoms with Crippen molar-refractivity contribution in [3.05, 3.63) is 58.9 Å². The van der Waals surface area contributed by atoms with Crippen LogP contribution in [0.5, 0.6) is 0 Å². The van der Waals surface area contributed by atoms with Gasteiger partial charge < -0.3 is 10.6 Å². The van der Waals surface area contributed by atoms with Gasteiger partial charge in [0.1, 0.15) is 0 Å².